The van der Waals surface area contributed by atoms with Crippen LogP contribution >= 0.6 is 0 Å². The van der Waals surface area contributed by atoms with Crippen LogP contribution in [0.15, 0.2) is 30.3 Å². The Hall–Kier alpha value is -2.38. The summed E-state index contributed by atoms with van der Waals surface area (Å²) in [4.78, 5) is 14.6. The van der Waals surface area contributed by atoms with Gasteiger partial charge in [-0.2, -0.15) is 5.10 Å². The molecule has 1 fully saturated rings. The summed E-state index contributed by atoms with van der Waals surface area (Å²) in [6.07, 6.45) is 3.33. The third kappa shape index (κ3) is 4.42. The second-order valence-electron chi connectivity index (χ2n) is 6.52. The molecule has 0 saturated carbocycles. The fourth-order valence-electron chi connectivity index (χ4n) is 3.34. The molecule has 0 aliphatic carbocycles. The highest BCUT2D eigenvalue weighted by atomic mass is 16.5. The largest absolute Gasteiger partial charge is 0.497 e. The molecule has 1 aliphatic rings. The van der Waals surface area contributed by atoms with E-state index in [-0.39, 0.29) is 18.6 Å². The summed E-state index contributed by atoms with van der Waals surface area (Å²) in [5, 5.41) is 19.4. The Morgan fingerprint density at radius 3 is 3.12 bits per heavy atom. The molecule has 26 heavy (non-hydrogen) atoms. The molecule has 1 aliphatic heterocycles. The average molecular weight is 358 g/mol. The van der Waals surface area contributed by atoms with Gasteiger partial charge < -0.3 is 15.2 Å². The summed E-state index contributed by atoms with van der Waals surface area (Å²) in [7, 11) is 1.62. The quantitative estimate of drug-likeness (QED) is 0.700. The molecular formula is C19H26N4O3. The number of aromatic nitrogens is 2. The number of H-pyrrole nitrogens is 1. The Kier molecular flexibility index (Phi) is 6.25. The summed E-state index contributed by atoms with van der Waals surface area (Å²) in [5.41, 5.74) is 2.02. The first kappa shape index (κ1) is 18.4. The van der Waals surface area contributed by atoms with E-state index >= 15 is 0 Å². The van der Waals surface area contributed by atoms with E-state index < -0.39 is 0 Å². The molecule has 2 heterocycles. The normalized spacial score (nSPS) is 17.8. The fraction of sp³-hybridized carbons (Fsp3) is 0.474. The topological polar surface area (TPSA) is 90.5 Å². The maximum atomic E-state index is 12.3. The lowest BCUT2D eigenvalue weighted by molar-refractivity contribution is 0.0847. The highest BCUT2D eigenvalue weighted by molar-refractivity contribution is 5.93. The van der Waals surface area contributed by atoms with Crippen LogP contribution in [-0.2, 0) is 0 Å². The van der Waals surface area contributed by atoms with Gasteiger partial charge in [-0.25, -0.2) is 0 Å². The van der Waals surface area contributed by atoms with Crippen molar-refractivity contribution in [1.82, 2.24) is 20.4 Å². The zero-order chi connectivity index (χ0) is 18.4. The van der Waals surface area contributed by atoms with Crippen LogP contribution in [-0.4, -0.2) is 65.5 Å². The van der Waals surface area contributed by atoms with Gasteiger partial charge in [0, 0.05) is 24.7 Å². The summed E-state index contributed by atoms with van der Waals surface area (Å²) >= 11 is 0. The zero-order valence-electron chi connectivity index (χ0n) is 15.1. The Morgan fingerprint density at radius 1 is 1.42 bits per heavy atom. The van der Waals surface area contributed by atoms with Gasteiger partial charge in [0.05, 0.1) is 19.4 Å². The zero-order valence-corrected chi connectivity index (χ0v) is 15.1. The molecule has 140 valence electrons. The van der Waals surface area contributed by atoms with Crippen molar-refractivity contribution in [3.63, 3.8) is 0 Å². The molecule has 2 aromatic rings. The molecule has 0 spiro atoms. The first-order valence-corrected chi connectivity index (χ1v) is 9.04. The van der Waals surface area contributed by atoms with Crippen LogP contribution in [0.3, 0.4) is 0 Å². The number of ether oxygens (including phenoxy) is 1. The molecule has 0 bridgehead atoms. The van der Waals surface area contributed by atoms with Gasteiger partial charge >= 0.3 is 0 Å². The number of aliphatic hydroxyl groups excluding tert-OH is 1. The molecule has 3 rings (SSSR count). The minimum atomic E-state index is -0.177. The lowest BCUT2D eigenvalue weighted by Crippen LogP contribution is -2.45. The minimum Gasteiger partial charge on any atom is -0.497 e. The molecule has 1 atom stereocenters. The fourth-order valence-corrected chi connectivity index (χ4v) is 3.34. The second kappa shape index (κ2) is 8.82. The van der Waals surface area contributed by atoms with E-state index in [0.717, 1.165) is 43.7 Å². The van der Waals surface area contributed by atoms with Crippen LogP contribution in [0.2, 0.25) is 0 Å². The number of rotatable bonds is 7. The maximum Gasteiger partial charge on any atom is 0.269 e. The van der Waals surface area contributed by atoms with Gasteiger partial charge in [0.2, 0.25) is 0 Å². The number of carbonyl (C=O) groups excluding carboxylic acids is 1. The standard InChI is InChI=1S/C19H26N4O3/c1-26-16-7-4-5-14(11-16)17-12-18(22-21-17)19(25)20-8-10-23-9-3-2-6-15(23)13-24/h4-5,7,11-12,15,24H,2-3,6,8-10,13H2,1H3,(H,20,25)(H,21,22). The van der Waals surface area contributed by atoms with E-state index in [9.17, 15) is 9.90 Å². The van der Waals surface area contributed by atoms with Crippen LogP contribution in [0.5, 0.6) is 5.75 Å². The van der Waals surface area contributed by atoms with Crippen molar-refractivity contribution in [3.8, 4) is 17.0 Å². The first-order valence-electron chi connectivity index (χ1n) is 9.04. The lowest BCUT2D eigenvalue weighted by Gasteiger charge is -2.34. The summed E-state index contributed by atoms with van der Waals surface area (Å²) < 4.78 is 5.22. The Bertz CT molecular complexity index is 731. The van der Waals surface area contributed by atoms with E-state index in [4.69, 9.17) is 4.74 Å². The number of methoxy groups -OCH3 is 1. The van der Waals surface area contributed by atoms with Gasteiger partial charge in [-0.05, 0) is 37.6 Å². The molecule has 1 amide bonds. The molecule has 1 saturated heterocycles. The number of hydrogen-bond acceptors (Lipinski definition) is 5. The third-order valence-electron chi connectivity index (χ3n) is 4.83. The smallest absolute Gasteiger partial charge is 0.269 e. The molecule has 1 aromatic carbocycles. The van der Waals surface area contributed by atoms with E-state index in [1.165, 1.54) is 0 Å². The van der Waals surface area contributed by atoms with Crippen LogP contribution in [0.25, 0.3) is 11.3 Å². The average Bonchev–Trinajstić information content (AvgIpc) is 3.19. The summed E-state index contributed by atoms with van der Waals surface area (Å²) in [6.45, 7) is 2.44. The number of aliphatic hydroxyl groups is 1. The number of likely N-dealkylation sites (tertiary alicyclic amines) is 1. The number of benzene rings is 1. The number of nitrogens with one attached hydrogen (secondary N) is 2. The van der Waals surface area contributed by atoms with Gasteiger partial charge in [0.1, 0.15) is 11.4 Å². The van der Waals surface area contributed by atoms with Crippen molar-refractivity contribution in [2.75, 3.05) is 33.4 Å². The molecule has 1 aromatic heterocycles. The Morgan fingerprint density at radius 2 is 2.31 bits per heavy atom. The Balaban J connectivity index is 1.54. The SMILES string of the molecule is COc1cccc(-c2cc(C(=O)NCCN3CCCCC3CO)[nH]n2)c1. The van der Waals surface area contributed by atoms with Crippen molar-refractivity contribution in [2.45, 2.75) is 25.3 Å². The number of nitrogens with zero attached hydrogens (tertiary/aromatic N) is 2. The molecule has 0 radical (unpaired) electrons. The Labute approximate surface area is 153 Å². The van der Waals surface area contributed by atoms with Gasteiger partial charge in [-0.3, -0.25) is 14.8 Å². The number of carbonyl (C=O) groups is 1. The van der Waals surface area contributed by atoms with E-state index in [1.807, 2.05) is 24.3 Å². The van der Waals surface area contributed by atoms with Crippen molar-refractivity contribution in [2.24, 2.45) is 0 Å². The van der Waals surface area contributed by atoms with Gasteiger partial charge in [0.25, 0.3) is 5.91 Å². The van der Waals surface area contributed by atoms with Crippen molar-refractivity contribution < 1.29 is 14.6 Å². The predicted octanol–water partition coefficient (Wildman–Crippen LogP) is 1.66. The van der Waals surface area contributed by atoms with Crippen molar-refractivity contribution in [3.05, 3.63) is 36.0 Å². The van der Waals surface area contributed by atoms with Crippen LogP contribution < -0.4 is 10.1 Å². The van der Waals surface area contributed by atoms with E-state index in [0.29, 0.717) is 17.9 Å². The van der Waals surface area contributed by atoms with E-state index in [1.54, 1.807) is 13.2 Å². The molecule has 3 N–H and O–H groups in total. The molecule has 7 heteroatoms. The number of piperidine rings is 1. The maximum absolute atomic E-state index is 12.3. The van der Waals surface area contributed by atoms with Crippen LogP contribution in [0.1, 0.15) is 29.8 Å². The van der Waals surface area contributed by atoms with Gasteiger partial charge in [0.15, 0.2) is 0 Å². The van der Waals surface area contributed by atoms with Crippen LogP contribution in [0.4, 0.5) is 0 Å². The minimum absolute atomic E-state index is 0.177. The monoisotopic (exact) mass is 358 g/mol. The second-order valence-corrected chi connectivity index (χ2v) is 6.52. The van der Waals surface area contributed by atoms with E-state index in [2.05, 4.69) is 20.4 Å². The molecule has 1 unspecified atom stereocenters. The number of amides is 1. The number of aromatic amines is 1. The summed E-state index contributed by atoms with van der Waals surface area (Å²) in [5.74, 6) is 0.570. The lowest BCUT2D eigenvalue weighted by atomic mass is 10.0. The van der Waals surface area contributed by atoms with Crippen LogP contribution in [0, 0.1) is 0 Å². The first-order chi connectivity index (χ1) is 12.7. The van der Waals surface area contributed by atoms with Gasteiger partial charge in [-0.1, -0.05) is 18.6 Å². The highest BCUT2D eigenvalue weighted by Crippen LogP contribution is 2.22. The molecule has 7 nitrogen and oxygen atoms in total. The van der Waals surface area contributed by atoms with Crippen molar-refractivity contribution in [1.29, 1.82) is 0 Å². The molecular weight excluding hydrogens is 332 g/mol. The van der Waals surface area contributed by atoms with Crippen molar-refractivity contribution >= 4 is 5.91 Å². The summed E-state index contributed by atoms with van der Waals surface area (Å²) in [6, 6.07) is 9.51. The van der Waals surface area contributed by atoms with Gasteiger partial charge in [-0.15, -0.1) is 0 Å². The third-order valence-corrected chi connectivity index (χ3v) is 4.83. The number of hydrogen-bond donors (Lipinski definition) is 3. The predicted molar refractivity (Wildman–Crippen MR) is 99.2 cm³/mol. The highest BCUT2D eigenvalue weighted by Gasteiger charge is 2.21.